The van der Waals surface area contributed by atoms with E-state index in [-0.39, 0.29) is 29.0 Å². The third-order valence-electron chi connectivity index (χ3n) is 9.00. The fourth-order valence-electron chi connectivity index (χ4n) is 7.39. The molecule has 7 atom stereocenters. The summed E-state index contributed by atoms with van der Waals surface area (Å²) < 4.78 is 4.92. The van der Waals surface area contributed by atoms with Crippen molar-refractivity contribution < 1.29 is 29.3 Å². The summed E-state index contributed by atoms with van der Waals surface area (Å²) in [6.45, 7) is 6.92. The number of aliphatic hydroxyl groups excluding tert-OH is 1. The molecule has 6 nitrogen and oxygen atoms in total. The van der Waals surface area contributed by atoms with Gasteiger partial charge in [-0.1, -0.05) is 32.1 Å². The number of hydrogen-bond donors (Lipinski definition) is 2. The predicted molar refractivity (Wildman–Crippen MR) is 109 cm³/mol. The lowest BCUT2D eigenvalue weighted by atomic mass is 9.46. The number of aliphatic hydroxyl groups is 2. The van der Waals surface area contributed by atoms with Crippen LogP contribution in [-0.4, -0.2) is 46.1 Å². The first-order valence-electron chi connectivity index (χ1n) is 11.0. The third-order valence-corrected chi connectivity index (χ3v) is 9.00. The molecular weight excluding hydrogens is 384 g/mol. The Hall–Kier alpha value is -1.79. The van der Waals surface area contributed by atoms with Crippen molar-refractivity contribution in [1.29, 1.82) is 0 Å². The Morgan fingerprint density at radius 1 is 1.33 bits per heavy atom. The Morgan fingerprint density at radius 3 is 2.77 bits per heavy atom. The highest BCUT2D eigenvalue weighted by Gasteiger charge is 2.68. The molecule has 0 spiro atoms. The minimum atomic E-state index is -1.63. The first-order valence-corrected chi connectivity index (χ1v) is 11.0. The molecule has 30 heavy (non-hydrogen) atoms. The van der Waals surface area contributed by atoms with Crippen LogP contribution in [0.4, 0.5) is 0 Å². The minimum absolute atomic E-state index is 0.0275. The summed E-state index contributed by atoms with van der Waals surface area (Å²) in [4.78, 5) is 36.3. The van der Waals surface area contributed by atoms with E-state index in [0.29, 0.717) is 32.1 Å². The van der Waals surface area contributed by atoms with Crippen LogP contribution < -0.4 is 0 Å². The number of rotatable bonds is 4. The molecule has 164 valence electrons. The number of ether oxygens (including phenoxy) is 1. The number of ketones is 2. The molecule has 4 rings (SSSR count). The molecule has 0 amide bonds. The van der Waals surface area contributed by atoms with Gasteiger partial charge in [0.15, 0.2) is 6.61 Å². The van der Waals surface area contributed by atoms with Gasteiger partial charge in [0, 0.05) is 24.3 Å². The summed E-state index contributed by atoms with van der Waals surface area (Å²) in [6.07, 6.45) is 6.37. The van der Waals surface area contributed by atoms with Crippen molar-refractivity contribution in [2.45, 2.75) is 70.5 Å². The van der Waals surface area contributed by atoms with E-state index in [4.69, 9.17) is 4.74 Å². The topological polar surface area (TPSA) is 101 Å². The van der Waals surface area contributed by atoms with Gasteiger partial charge in [0.1, 0.15) is 11.4 Å². The van der Waals surface area contributed by atoms with Crippen LogP contribution in [0.2, 0.25) is 0 Å². The summed E-state index contributed by atoms with van der Waals surface area (Å²) in [6, 6.07) is 0. The van der Waals surface area contributed by atoms with Crippen LogP contribution in [0.1, 0.15) is 58.8 Å². The smallest absolute Gasteiger partial charge is 0.330 e. The van der Waals surface area contributed by atoms with E-state index in [2.05, 4.69) is 19.6 Å². The standard InChI is InChI=1S/C24H32O6/c1-4-20(28)30-13-19(27)24(29)10-8-17-16-6-5-14-11-15(25)7-9-22(14,2)21(16)18(26)12-23(17,24)3/h4-5,16-18,21,26,29H,1,6-13H2,2-3H3. The van der Waals surface area contributed by atoms with Gasteiger partial charge in [0.05, 0.1) is 6.10 Å². The Labute approximate surface area is 177 Å². The van der Waals surface area contributed by atoms with Crippen LogP contribution in [0, 0.1) is 28.6 Å². The largest absolute Gasteiger partial charge is 0.454 e. The molecule has 4 aliphatic carbocycles. The van der Waals surface area contributed by atoms with Crippen LogP contribution >= 0.6 is 0 Å². The second-order valence-electron chi connectivity index (χ2n) is 10.2. The first kappa shape index (κ1) is 21.4. The van der Waals surface area contributed by atoms with E-state index < -0.39 is 35.5 Å². The number of Topliss-reactive ketones (excluding diaryl/α,β-unsaturated/α-hetero) is 2. The first-order chi connectivity index (χ1) is 14.1. The average molecular weight is 417 g/mol. The maximum absolute atomic E-state index is 12.9. The van der Waals surface area contributed by atoms with E-state index >= 15 is 0 Å². The molecule has 0 aromatic carbocycles. The molecule has 6 heteroatoms. The SMILES string of the molecule is C=CC(=O)OCC(=O)C1(O)CCC2C3CC=C4CC(=O)CCC4(C)C3C(O)CC21C. The van der Waals surface area contributed by atoms with Crippen molar-refractivity contribution >= 4 is 17.5 Å². The molecule has 4 aliphatic rings. The second kappa shape index (κ2) is 7.13. The van der Waals surface area contributed by atoms with Gasteiger partial charge in [0.25, 0.3) is 0 Å². The lowest BCUT2D eigenvalue weighted by molar-refractivity contribution is -0.182. The van der Waals surface area contributed by atoms with Crippen LogP contribution in [0.15, 0.2) is 24.3 Å². The fraction of sp³-hybridized carbons (Fsp3) is 0.708. The van der Waals surface area contributed by atoms with Crippen molar-refractivity contribution in [3.05, 3.63) is 24.3 Å². The van der Waals surface area contributed by atoms with Gasteiger partial charge in [-0.05, 0) is 55.3 Å². The highest BCUT2D eigenvalue weighted by atomic mass is 16.5. The highest BCUT2D eigenvalue weighted by Crippen LogP contribution is 2.67. The zero-order valence-electron chi connectivity index (χ0n) is 17.9. The third kappa shape index (κ3) is 2.87. The zero-order valence-corrected chi connectivity index (χ0v) is 17.9. The molecule has 0 saturated heterocycles. The molecule has 7 unspecified atom stereocenters. The lowest BCUT2D eigenvalue weighted by Gasteiger charge is -2.59. The second-order valence-corrected chi connectivity index (χ2v) is 10.2. The quantitative estimate of drug-likeness (QED) is 0.415. The summed E-state index contributed by atoms with van der Waals surface area (Å²) >= 11 is 0. The van der Waals surface area contributed by atoms with Gasteiger partial charge in [0.2, 0.25) is 5.78 Å². The monoisotopic (exact) mass is 416 g/mol. The zero-order chi connectivity index (χ0) is 21.9. The number of carbonyl (C=O) groups excluding carboxylic acids is 3. The van der Waals surface area contributed by atoms with Crippen LogP contribution in [0.5, 0.6) is 0 Å². The Balaban J connectivity index is 1.63. The Morgan fingerprint density at radius 2 is 2.07 bits per heavy atom. The van der Waals surface area contributed by atoms with Crippen LogP contribution in [-0.2, 0) is 19.1 Å². The normalized spacial score (nSPS) is 44.9. The molecule has 3 fully saturated rings. The fourth-order valence-corrected chi connectivity index (χ4v) is 7.39. The van der Waals surface area contributed by atoms with E-state index in [0.717, 1.165) is 24.5 Å². The number of allylic oxidation sites excluding steroid dienone is 2. The predicted octanol–water partition coefficient (Wildman–Crippen LogP) is 2.52. The van der Waals surface area contributed by atoms with E-state index in [1.807, 2.05) is 6.92 Å². The minimum Gasteiger partial charge on any atom is -0.454 e. The van der Waals surface area contributed by atoms with Gasteiger partial charge in [-0.25, -0.2) is 4.79 Å². The molecule has 0 aliphatic heterocycles. The number of hydrogen-bond acceptors (Lipinski definition) is 6. The van der Waals surface area contributed by atoms with Gasteiger partial charge >= 0.3 is 5.97 Å². The van der Waals surface area contributed by atoms with Crippen LogP contribution in [0.25, 0.3) is 0 Å². The van der Waals surface area contributed by atoms with Crippen molar-refractivity contribution in [3.63, 3.8) is 0 Å². The van der Waals surface area contributed by atoms with E-state index in [1.54, 1.807) is 0 Å². The van der Waals surface area contributed by atoms with Crippen molar-refractivity contribution in [1.82, 2.24) is 0 Å². The van der Waals surface area contributed by atoms with Gasteiger partial charge in [-0.15, -0.1) is 0 Å². The summed E-state index contributed by atoms with van der Waals surface area (Å²) in [7, 11) is 0. The highest BCUT2D eigenvalue weighted by molar-refractivity contribution is 5.92. The summed E-state index contributed by atoms with van der Waals surface area (Å²) in [5, 5.41) is 22.8. The maximum Gasteiger partial charge on any atom is 0.330 e. The molecule has 2 N–H and O–H groups in total. The van der Waals surface area contributed by atoms with Gasteiger partial charge in [-0.2, -0.15) is 0 Å². The van der Waals surface area contributed by atoms with Crippen molar-refractivity contribution in [2.24, 2.45) is 28.6 Å². The molecule has 0 bridgehead atoms. The number of esters is 1. The van der Waals surface area contributed by atoms with Crippen LogP contribution in [0.3, 0.4) is 0 Å². The van der Waals surface area contributed by atoms with E-state index in [1.165, 1.54) is 0 Å². The Kier molecular flexibility index (Phi) is 5.09. The molecular formula is C24H32O6. The van der Waals surface area contributed by atoms with Gasteiger partial charge < -0.3 is 14.9 Å². The molecule has 0 aromatic heterocycles. The molecule has 0 aromatic rings. The summed E-state index contributed by atoms with van der Waals surface area (Å²) in [5.41, 5.74) is -1.46. The van der Waals surface area contributed by atoms with Crippen molar-refractivity contribution in [3.8, 4) is 0 Å². The number of carbonyl (C=O) groups is 3. The lowest BCUT2D eigenvalue weighted by Crippen LogP contribution is -2.61. The van der Waals surface area contributed by atoms with Crippen molar-refractivity contribution in [2.75, 3.05) is 6.61 Å². The average Bonchev–Trinajstić information content (AvgIpc) is 2.97. The van der Waals surface area contributed by atoms with Gasteiger partial charge in [-0.3, -0.25) is 9.59 Å². The maximum atomic E-state index is 12.9. The Bertz CT molecular complexity index is 830. The molecule has 3 saturated carbocycles. The van der Waals surface area contributed by atoms with E-state index in [9.17, 15) is 24.6 Å². The summed E-state index contributed by atoms with van der Waals surface area (Å²) in [5.74, 6) is -0.669. The molecule has 0 radical (unpaired) electrons. The number of fused-ring (bicyclic) bond motifs is 5. The molecule has 0 heterocycles.